The molecule has 10 heavy (non-hydrogen) atoms. The van der Waals surface area contributed by atoms with E-state index in [9.17, 15) is 0 Å². The van der Waals surface area contributed by atoms with Gasteiger partial charge in [-0.3, -0.25) is 0 Å². The standard InChI is InChI=1S/C8H8BCl/c9-6-5-7-3-1-2-4-8(7)10/h1-4H,5-6H2. The zero-order valence-electron chi connectivity index (χ0n) is 5.68. The van der Waals surface area contributed by atoms with Gasteiger partial charge in [0.25, 0.3) is 0 Å². The van der Waals surface area contributed by atoms with Crippen molar-refractivity contribution in [1.82, 2.24) is 0 Å². The van der Waals surface area contributed by atoms with Gasteiger partial charge in [-0.15, -0.1) is 0 Å². The van der Waals surface area contributed by atoms with E-state index in [4.69, 9.17) is 19.4 Å². The second-order valence-corrected chi connectivity index (χ2v) is 2.54. The first-order valence-electron chi connectivity index (χ1n) is 3.28. The highest BCUT2D eigenvalue weighted by atomic mass is 35.5. The van der Waals surface area contributed by atoms with Gasteiger partial charge < -0.3 is 0 Å². The maximum atomic E-state index is 5.85. The SMILES string of the molecule is [B]CCc1ccccc1Cl. The molecule has 0 aliphatic rings. The van der Waals surface area contributed by atoms with E-state index in [1.165, 1.54) is 0 Å². The van der Waals surface area contributed by atoms with E-state index in [1.807, 2.05) is 24.3 Å². The molecule has 0 aliphatic carbocycles. The summed E-state index contributed by atoms with van der Waals surface area (Å²) >= 11 is 5.85. The van der Waals surface area contributed by atoms with Crippen LogP contribution < -0.4 is 0 Å². The fourth-order valence-electron chi connectivity index (χ4n) is 0.857. The third kappa shape index (κ3) is 1.78. The highest BCUT2D eigenvalue weighted by Gasteiger charge is 1.94. The molecule has 1 rings (SSSR count). The maximum absolute atomic E-state index is 5.85. The second-order valence-electron chi connectivity index (χ2n) is 2.13. The van der Waals surface area contributed by atoms with E-state index in [0.717, 1.165) is 17.0 Å². The molecule has 0 unspecified atom stereocenters. The monoisotopic (exact) mass is 150 g/mol. The molecule has 0 N–H and O–H groups in total. The van der Waals surface area contributed by atoms with Gasteiger partial charge in [0.05, 0.1) is 7.85 Å². The molecular weight excluding hydrogens is 142 g/mol. The van der Waals surface area contributed by atoms with Gasteiger partial charge in [0, 0.05) is 5.02 Å². The summed E-state index contributed by atoms with van der Waals surface area (Å²) in [5.41, 5.74) is 1.13. The lowest BCUT2D eigenvalue weighted by atomic mass is 9.97. The Morgan fingerprint density at radius 1 is 1.30 bits per heavy atom. The Kier molecular flexibility index (Phi) is 2.82. The average Bonchev–Trinajstić information content (AvgIpc) is 1.94. The van der Waals surface area contributed by atoms with E-state index in [0.29, 0.717) is 6.32 Å². The van der Waals surface area contributed by atoms with Gasteiger partial charge in [0.2, 0.25) is 0 Å². The third-order valence-electron chi connectivity index (χ3n) is 1.37. The van der Waals surface area contributed by atoms with Gasteiger partial charge in [0.15, 0.2) is 0 Å². The number of rotatable bonds is 2. The van der Waals surface area contributed by atoms with Crippen molar-refractivity contribution in [2.24, 2.45) is 0 Å². The molecule has 0 spiro atoms. The van der Waals surface area contributed by atoms with E-state index >= 15 is 0 Å². The zero-order chi connectivity index (χ0) is 7.40. The van der Waals surface area contributed by atoms with Gasteiger partial charge in [-0.25, -0.2) is 0 Å². The summed E-state index contributed by atoms with van der Waals surface area (Å²) in [6.45, 7) is 0. The van der Waals surface area contributed by atoms with E-state index in [-0.39, 0.29) is 0 Å². The van der Waals surface area contributed by atoms with Crippen LogP contribution in [0.1, 0.15) is 5.56 Å². The van der Waals surface area contributed by atoms with E-state index in [1.54, 1.807) is 0 Å². The summed E-state index contributed by atoms with van der Waals surface area (Å²) < 4.78 is 0. The molecule has 2 radical (unpaired) electrons. The normalized spacial score (nSPS) is 9.70. The predicted molar refractivity (Wildman–Crippen MR) is 45.7 cm³/mol. The number of hydrogen-bond acceptors (Lipinski definition) is 0. The Hall–Kier alpha value is -0.425. The minimum atomic E-state index is 0.656. The molecule has 0 aromatic heterocycles. The average molecular weight is 150 g/mol. The summed E-state index contributed by atoms with van der Waals surface area (Å²) in [6, 6.07) is 7.76. The van der Waals surface area contributed by atoms with Crippen LogP contribution in [0.3, 0.4) is 0 Å². The quantitative estimate of drug-likeness (QED) is 0.568. The lowest BCUT2D eigenvalue weighted by molar-refractivity contribution is 1.13. The molecule has 0 fully saturated rings. The topological polar surface area (TPSA) is 0 Å². The number of halogens is 1. The summed E-state index contributed by atoms with van der Waals surface area (Å²) in [7, 11) is 5.37. The predicted octanol–water partition coefficient (Wildman–Crippen LogP) is 2.47. The fourth-order valence-corrected chi connectivity index (χ4v) is 1.09. The van der Waals surface area contributed by atoms with Crippen LogP contribution >= 0.6 is 11.6 Å². The Morgan fingerprint density at radius 3 is 2.60 bits per heavy atom. The molecule has 0 atom stereocenters. The number of hydrogen-bond donors (Lipinski definition) is 0. The van der Waals surface area contributed by atoms with Crippen molar-refractivity contribution in [2.45, 2.75) is 12.7 Å². The summed E-state index contributed by atoms with van der Waals surface area (Å²) in [6.07, 6.45) is 1.52. The summed E-state index contributed by atoms with van der Waals surface area (Å²) in [5, 5.41) is 0.813. The third-order valence-corrected chi connectivity index (χ3v) is 1.74. The lowest BCUT2D eigenvalue weighted by Crippen LogP contribution is -1.83. The zero-order valence-corrected chi connectivity index (χ0v) is 6.43. The van der Waals surface area contributed by atoms with Crippen molar-refractivity contribution < 1.29 is 0 Å². The summed E-state index contributed by atoms with van der Waals surface area (Å²) in [5.74, 6) is 0. The second kappa shape index (κ2) is 3.67. The fraction of sp³-hybridized carbons (Fsp3) is 0.250. The molecule has 0 saturated carbocycles. The Balaban J connectivity index is 2.81. The van der Waals surface area contributed by atoms with Crippen LogP contribution in [0.25, 0.3) is 0 Å². The van der Waals surface area contributed by atoms with Crippen LogP contribution in [-0.4, -0.2) is 7.85 Å². The van der Waals surface area contributed by atoms with Crippen molar-refractivity contribution in [1.29, 1.82) is 0 Å². The van der Waals surface area contributed by atoms with Gasteiger partial charge in [-0.1, -0.05) is 36.1 Å². The van der Waals surface area contributed by atoms with Crippen LogP contribution in [0, 0.1) is 0 Å². The van der Waals surface area contributed by atoms with Gasteiger partial charge in [-0.2, -0.15) is 0 Å². The van der Waals surface area contributed by atoms with E-state index in [2.05, 4.69) is 0 Å². The molecule has 2 heteroatoms. The van der Waals surface area contributed by atoms with Crippen molar-refractivity contribution in [3.8, 4) is 0 Å². The molecule has 1 aromatic carbocycles. The number of aryl methyl sites for hydroxylation is 1. The Morgan fingerprint density at radius 2 is 2.00 bits per heavy atom. The van der Waals surface area contributed by atoms with Crippen LogP contribution in [0.5, 0.6) is 0 Å². The van der Waals surface area contributed by atoms with Crippen LogP contribution in [0.4, 0.5) is 0 Å². The largest absolute Gasteiger partial charge is 0.0847 e. The minimum absolute atomic E-state index is 0.656. The molecule has 0 bridgehead atoms. The highest BCUT2D eigenvalue weighted by molar-refractivity contribution is 6.31. The van der Waals surface area contributed by atoms with Crippen molar-refractivity contribution >= 4 is 19.4 Å². The molecule has 50 valence electrons. The summed E-state index contributed by atoms with van der Waals surface area (Å²) in [4.78, 5) is 0. The van der Waals surface area contributed by atoms with Crippen molar-refractivity contribution in [2.75, 3.05) is 0 Å². The lowest BCUT2D eigenvalue weighted by Gasteiger charge is -1.99. The molecule has 0 aliphatic heterocycles. The van der Waals surface area contributed by atoms with Gasteiger partial charge in [0.1, 0.15) is 0 Å². The highest BCUT2D eigenvalue weighted by Crippen LogP contribution is 2.15. The smallest absolute Gasteiger partial charge is 0.0657 e. The van der Waals surface area contributed by atoms with Gasteiger partial charge in [-0.05, 0) is 18.1 Å². The minimum Gasteiger partial charge on any atom is -0.0847 e. The van der Waals surface area contributed by atoms with Crippen LogP contribution in [0.2, 0.25) is 11.3 Å². The molecule has 0 heterocycles. The first kappa shape index (κ1) is 7.68. The van der Waals surface area contributed by atoms with Crippen molar-refractivity contribution in [3.63, 3.8) is 0 Å². The first-order valence-corrected chi connectivity index (χ1v) is 3.66. The first-order chi connectivity index (χ1) is 4.84. The van der Waals surface area contributed by atoms with Crippen LogP contribution in [0.15, 0.2) is 24.3 Å². The molecule has 0 nitrogen and oxygen atoms in total. The van der Waals surface area contributed by atoms with Crippen LogP contribution in [-0.2, 0) is 6.42 Å². The molecule has 1 aromatic rings. The Bertz CT molecular complexity index is 210. The van der Waals surface area contributed by atoms with Gasteiger partial charge >= 0.3 is 0 Å². The Labute approximate surface area is 67.6 Å². The van der Waals surface area contributed by atoms with Crippen molar-refractivity contribution in [3.05, 3.63) is 34.9 Å². The van der Waals surface area contributed by atoms with E-state index < -0.39 is 0 Å². The number of benzene rings is 1. The maximum Gasteiger partial charge on any atom is 0.0657 e. The molecular formula is C8H8BCl. The molecule has 0 saturated heterocycles. The molecule has 0 amide bonds.